The smallest absolute Gasteiger partial charge is 0.309 e. The van der Waals surface area contributed by atoms with Gasteiger partial charge >= 0.3 is 6.03 Å². The Morgan fingerprint density at radius 2 is 1.74 bits per heavy atom. The van der Waals surface area contributed by atoms with Gasteiger partial charge in [-0.3, -0.25) is 0 Å². The number of hydrogen-bond donors (Lipinski definition) is 3. The number of H-pyrrole nitrogens is 1. The molecule has 19 heavy (non-hydrogen) atoms. The van der Waals surface area contributed by atoms with Crippen LogP contribution < -0.4 is 11.5 Å². The maximum absolute atomic E-state index is 9.00. The molecule has 0 aliphatic rings. The van der Waals surface area contributed by atoms with Crippen molar-refractivity contribution in [2.45, 2.75) is 0 Å². The van der Waals surface area contributed by atoms with Crippen molar-refractivity contribution in [1.29, 1.82) is 0 Å². The summed E-state index contributed by atoms with van der Waals surface area (Å²) in [5, 5.41) is 0. The Bertz CT molecular complexity index is 536. The van der Waals surface area contributed by atoms with Gasteiger partial charge in [0.2, 0.25) is 0 Å². The van der Waals surface area contributed by atoms with Gasteiger partial charge in [0.05, 0.1) is 12.5 Å². The fraction of sp³-hybridized carbons (Fsp3) is 0. The van der Waals surface area contributed by atoms with E-state index in [1.165, 1.54) is 12.7 Å². The number of primary amides is 2. The zero-order valence-electron chi connectivity index (χ0n) is 9.84. The van der Waals surface area contributed by atoms with Crippen LogP contribution >= 0.6 is 0 Å². The molecule has 0 aliphatic heterocycles. The van der Waals surface area contributed by atoms with E-state index in [9.17, 15) is 0 Å². The molecule has 3 aromatic heterocycles. The highest BCUT2D eigenvalue weighted by Crippen LogP contribution is 1.99. The largest absolute Gasteiger partial charge is 0.352 e. The van der Waals surface area contributed by atoms with Gasteiger partial charge in [-0.05, 0) is 6.07 Å². The Kier molecular flexibility index (Phi) is 5.92. The molecule has 0 aliphatic carbocycles. The van der Waals surface area contributed by atoms with Crippen molar-refractivity contribution >= 4 is 17.2 Å². The number of fused-ring (bicyclic) bond motifs is 1. The van der Waals surface area contributed by atoms with E-state index in [4.69, 9.17) is 4.79 Å². The summed E-state index contributed by atoms with van der Waals surface area (Å²) >= 11 is 0. The minimum absolute atomic E-state index is 0.713. The van der Waals surface area contributed by atoms with Crippen molar-refractivity contribution in [3.8, 4) is 0 Å². The molecule has 2 amide bonds. The van der Waals surface area contributed by atoms with E-state index in [0.29, 0.717) is 5.65 Å². The summed E-state index contributed by atoms with van der Waals surface area (Å²) in [5.74, 6) is 0. The molecule has 0 fully saturated rings. The van der Waals surface area contributed by atoms with Crippen LogP contribution in [0, 0.1) is 0 Å². The van der Waals surface area contributed by atoms with Crippen LogP contribution in [0.15, 0.2) is 43.6 Å². The monoisotopic (exact) mass is 260 g/mol. The molecule has 3 heterocycles. The number of urea groups is 1. The summed E-state index contributed by atoms with van der Waals surface area (Å²) < 4.78 is 0. The lowest BCUT2D eigenvalue weighted by Gasteiger charge is -1.80. The quantitative estimate of drug-likeness (QED) is 0.511. The maximum atomic E-state index is 9.00. The third kappa shape index (κ3) is 6.26. The van der Waals surface area contributed by atoms with Crippen LogP contribution in [0.1, 0.15) is 0 Å². The lowest BCUT2D eigenvalue weighted by molar-refractivity contribution is 0.256. The molecule has 0 aromatic carbocycles. The molecule has 0 bridgehead atoms. The third-order valence-corrected chi connectivity index (χ3v) is 1.58. The van der Waals surface area contributed by atoms with E-state index < -0.39 is 6.03 Å². The molecular formula is C10H12N8O. The summed E-state index contributed by atoms with van der Waals surface area (Å²) in [6.45, 7) is 0. The van der Waals surface area contributed by atoms with Gasteiger partial charge in [-0.25, -0.2) is 29.7 Å². The number of carbonyl (C=O) groups is 1. The van der Waals surface area contributed by atoms with Gasteiger partial charge in [0.15, 0.2) is 5.65 Å². The average molecular weight is 260 g/mol. The Hall–Kier alpha value is -3.10. The highest BCUT2D eigenvalue weighted by molar-refractivity contribution is 5.69. The molecule has 98 valence electrons. The summed E-state index contributed by atoms with van der Waals surface area (Å²) in [6.07, 6.45) is 9.64. The number of nitrogens with one attached hydrogen (secondary N) is 1. The molecule has 0 radical (unpaired) electrons. The molecule has 5 N–H and O–H groups in total. The van der Waals surface area contributed by atoms with Gasteiger partial charge in [-0.15, -0.1) is 0 Å². The number of amides is 2. The van der Waals surface area contributed by atoms with E-state index in [-0.39, 0.29) is 0 Å². The van der Waals surface area contributed by atoms with E-state index in [1.807, 2.05) is 0 Å². The fourth-order valence-corrected chi connectivity index (χ4v) is 0.944. The standard InChI is InChI=1S/C5H4N4.C4H4N2.CH4N2O/c1-4-5(8-2-6-1)9-3-7-4;1-2-5-4-6-3-1;2-1(3)4/h1-3H,(H,6,7,8,9);1-4H;(H4,2,3,4). The number of carbonyl (C=O) groups excluding carboxylic acids is 1. The van der Waals surface area contributed by atoms with E-state index >= 15 is 0 Å². The van der Waals surface area contributed by atoms with Crippen molar-refractivity contribution in [3.63, 3.8) is 0 Å². The summed E-state index contributed by atoms with van der Waals surface area (Å²) in [7, 11) is 0. The second-order valence-corrected chi connectivity index (χ2v) is 2.97. The first-order valence-electron chi connectivity index (χ1n) is 5.04. The lowest BCUT2D eigenvalue weighted by atomic mass is 10.6. The first kappa shape index (κ1) is 14.0. The Morgan fingerprint density at radius 1 is 1.05 bits per heavy atom. The first-order chi connectivity index (χ1) is 9.20. The zero-order chi connectivity index (χ0) is 13.9. The molecule has 3 aromatic rings. The molecular weight excluding hydrogens is 248 g/mol. The third-order valence-electron chi connectivity index (χ3n) is 1.58. The molecule has 0 atom stereocenters. The van der Waals surface area contributed by atoms with E-state index in [1.54, 1.807) is 31.0 Å². The number of hydrogen-bond acceptors (Lipinski definition) is 6. The number of rotatable bonds is 0. The molecule has 0 saturated carbocycles. The van der Waals surface area contributed by atoms with Crippen molar-refractivity contribution in [2.24, 2.45) is 11.5 Å². The fourth-order valence-electron chi connectivity index (χ4n) is 0.944. The van der Waals surface area contributed by atoms with Crippen molar-refractivity contribution in [1.82, 2.24) is 29.9 Å². The van der Waals surface area contributed by atoms with Crippen molar-refractivity contribution < 1.29 is 4.79 Å². The minimum atomic E-state index is -0.833. The average Bonchev–Trinajstić information content (AvgIpc) is 2.89. The number of aromatic nitrogens is 6. The van der Waals surface area contributed by atoms with E-state index in [2.05, 4.69) is 41.4 Å². The van der Waals surface area contributed by atoms with Gasteiger partial charge in [0.1, 0.15) is 18.2 Å². The molecule has 3 rings (SSSR count). The van der Waals surface area contributed by atoms with Gasteiger partial charge in [0, 0.05) is 12.4 Å². The van der Waals surface area contributed by atoms with Gasteiger partial charge in [-0.1, -0.05) is 0 Å². The van der Waals surface area contributed by atoms with Gasteiger partial charge < -0.3 is 16.5 Å². The maximum Gasteiger partial charge on any atom is 0.309 e. The molecule has 9 heteroatoms. The molecule has 0 unspecified atom stereocenters. The Morgan fingerprint density at radius 3 is 2.21 bits per heavy atom. The highest BCUT2D eigenvalue weighted by atomic mass is 16.2. The zero-order valence-corrected chi connectivity index (χ0v) is 9.84. The second-order valence-electron chi connectivity index (χ2n) is 2.97. The molecule has 0 saturated heterocycles. The first-order valence-corrected chi connectivity index (χ1v) is 5.04. The number of aromatic amines is 1. The van der Waals surface area contributed by atoms with Crippen LogP contribution in [-0.2, 0) is 0 Å². The molecule has 0 spiro atoms. The Labute approximate surface area is 108 Å². The predicted octanol–water partition coefficient (Wildman–Crippen LogP) is -0.147. The summed E-state index contributed by atoms with van der Waals surface area (Å²) in [4.78, 5) is 30.8. The minimum Gasteiger partial charge on any atom is -0.352 e. The van der Waals surface area contributed by atoms with Crippen LogP contribution in [0.3, 0.4) is 0 Å². The van der Waals surface area contributed by atoms with Gasteiger partial charge in [-0.2, -0.15) is 0 Å². The highest BCUT2D eigenvalue weighted by Gasteiger charge is 1.91. The van der Waals surface area contributed by atoms with Crippen molar-refractivity contribution in [2.75, 3.05) is 0 Å². The molecule has 9 nitrogen and oxygen atoms in total. The SMILES string of the molecule is NC(N)=O.c1cncnc1.c1ncc2[nH]cnc2n1. The predicted molar refractivity (Wildman–Crippen MR) is 67.5 cm³/mol. The van der Waals surface area contributed by atoms with Crippen LogP contribution in [0.25, 0.3) is 11.2 Å². The lowest BCUT2D eigenvalue weighted by Crippen LogP contribution is -2.18. The number of imidazole rings is 1. The Balaban J connectivity index is 0.000000158. The summed E-state index contributed by atoms with van der Waals surface area (Å²) in [6, 6.07) is 0.944. The topological polar surface area (TPSA) is 149 Å². The van der Waals surface area contributed by atoms with Crippen LogP contribution in [-0.4, -0.2) is 35.9 Å². The van der Waals surface area contributed by atoms with E-state index in [0.717, 1.165) is 5.52 Å². The summed E-state index contributed by atoms with van der Waals surface area (Å²) in [5.41, 5.74) is 10.1. The van der Waals surface area contributed by atoms with Gasteiger partial charge in [0.25, 0.3) is 0 Å². The van der Waals surface area contributed by atoms with Crippen LogP contribution in [0.4, 0.5) is 4.79 Å². The van der Waals surface area contributed by atoms with Crippen molar-refractivity contribution in [3.05, 3.63) is 43.6 Å². The van der Waals surface area contributed by atoms with Crippen LogP contribution in [0.2, 0.25) is 0 Å². The van der Waals surface area contributed by atoms with Crippen LogP contribution in [0.5, 0.6) is 0 Å². The normalized spacial score (nSPS) is 8.63. The number of nitrogens with zero attached hydrogens (tertiary/aromatic N) is 5. The number of nitrogens with two attached hydrogens (primary N) is 2. The second kappa shape index (κ2) is 8.06.